The first-order valence-electron chi connectivity index (χ1n) is 11.0. The number of benzene rings is 1. The Balaban J connectivity index is 3.09. The molecule has 0 saturated heterocycles. The van der Waals surface area contributed by atoms with Gasteiger partial charge >= 0.3 is 5.97 Å². The molecule has 1 aromatic carbocycles. The monoisotopic (exact) mass is 416 g/mol. The standard InChI is InChI=1S/C25H40N2O3/c1-19(2)16-17-23(28)27(26-18-20(3)4)22(24(29)30-25(5,6)7)15-11-14-21-12-9-8-10-13-21/h8-14,19-20,22,26H,15-18H2,1-7H3/t22-/m0/s1. The summed E-state index contributed by atoms with van der Waals surface area (Å²) in [5.74, 6) is 0.283. The van der Waals surface area contributed by atoms with E-state index in [1.807, 2.05) is 63.3 Å². The number of carbonyl (C=O) groups excluding carboxylic acids is 2. The van der Waals surface area contributed by atoms with Gasteiger partial charge in [0.1, 0.15) is 11.6 Å². The molecule has 1 aromatic rings. The Morgan fingerprint density at radius 2 is 1.70 bits per heavy atom. The van der Waals surface area contributed by atoms with Crippen LogP contribution in [0.3, 0.4) is 0 Å². The average molecular weight is 417 g/mol. The zero-order chi connectivity index (χ0) is 22.7. The van der Waals surface area contributed by atoms with Gasteiger partial charge in [0, 0.05) is 13.0 Å². The van der Waals surface area contributed by atoms with Crippen molar-refractivity contribution >= 4 is 18.0 Å². The lowest BCUT2D eigenvalue weighted by molar-refractivity contribution is -0.167. The Morgan fingerprint density at radius 1 is 1.07 bits per heavy atom. The van der Waals surface area contributed by atoms with Crippen LogP contribution in [0.1, 0.15) is 73.3 Å². The molecule has 1 N–H and O–H groups in total. The third kappa shape index (κ3) is 10.6. The van der Waals surface area contributed by atoms with Gasteiger partial charge in [0.15, 0.2) is 0 Å². The van der Waals surface area contributed by atoms with Crippen LogP contribution in [0.15, 0.2) is 36.4 Å². The molecule has 0 bridgehead atoms. The topological polar surface area (TPSA) is 58.6 Å². The molecule has 1 amide bonds. The third-order valence-electron chi connectivity index (χ3n) is 4.33. The van der Waals surface area contributed by atoms with Crippen molar-refractivity contribution in [3.63, 3.8) is 0 Å². The van der Waals surface area contributed by atoms with Gasteiger partial charge in [0.05, 0.1) is 0 Å². The van der Waals surface area contributed by atoms with Crippen LogP contribution in [0.2, 0.25) is 0 Å². The molecule has 5 nitrogen and oxygen atoms in total. The number of carbonyl (C=O) groups is 2. The molecule has 0 aromatic heterocycles. The first-order valence-corrected chi connectivity index (χ1v) is 11.0. The molecule has 0 fully saturated rings. The van der Waals surface area contributed by atoms with E-state index in [0.717, 1.165) is 12.0 Å². The number of nitrogens with one attached hydrogen (secondary N) is 1. The SMILES string of the molecule is CC(C)CCC(=O)N(NCC(C)C)[C@@H](CC=Cc1ccccc1)C(=O)OC(C)(C)C. The van der Waals surface area contributed by atoms with Crippen LogP contribution in [0.5, 0.6) is 0 Å². The minimum Gasteiger partial charge on any atom is -0.458 e. The van der Waals surface area contributed by atoms with E-state index >= 15 is 0 Å². The number of amides is 1. The lowest BCUT2D eigenvalue weighted by Gasteiger charge is -2.33. The first kappa shape index (κ1) is 25.9. The van der Waals surface area contributed by atoms with Gasteiger partial charge in [-0.05, 0) is 51.0 Å². The van der Waals surface area contributed by atoms with E-state index in [0.29, 0.717) is 31.2 Å². The van der Waals surface area contributed by atoms with Gasteiger partial charge in [0.2, 0.25) is 5.91 Å². The fraction of sp³-hybridized carbons (Fsp3) is 0.600. The van der Waals surface area contributed by atoms with Gasteiger partial charge in [-0.15, -0.1) is 0 Å². The number of hydrazine groups is 1. The molecular formula is C25H40N2O3. The Bertz CT molecular complexity index is 675. The van der Waals surface area contributed by atoms with Crippen LogP contribution in [-0.2, 0) is 14.3 Å². The lowest BCUT2D eigenvalue weighted by atomic mass is 10.1. The zero-order valence-corrected chi connectivity index (χ0v) is 19.8. The van der Waals surface area contributed by atoms with E-state index in [1.54, 1.807) is 0 Å². The molecule has 0 aliphatic carbocycles. The summed E-state index contributed by atoms with van der Waals surface area (Å²) in [4.78, 5) is 26.1. The molecule has 0 spiro atoms. The first-order chi connectivity index (χ1) is 14.0. The van der Waals surface area contributed by atoms with Crippen molar-refractivity contribution in [3.8, 4) is 0 Å². The summed E-state index contributed by atoms with van der Waals surface area (Å²) in [5.41, 5.74) is 3.63. The van der Waals surface area contributed by atoms with E-state index in [-0.39, 0.29) is 5.91 Å². The lowest BCUT2D eigenvalue weighted by Crippen LogP contribution is -2.54. The number of hydrogen-bond acceptors (Lipinski definition) is 4. The molecular weight excluding hydrogens is 376 g/mol. The summed E-state index contributed by atoms with van der Waals surface area (Å²) >= 11 is 0. The van der Waals surface area contributed by atoms with Crippen LogP contribution in [-0.4, -0.2) is 35.1 Å². The molecule has 0 heterocycles. The van der Waals surface area contributed by atoms with Crippen LogP contribution >= 0.6 is 0 Å². The minimum atomic E-state index is -0.720. The molecule has 1 atom stereocenters. The van der Waals surface area contributed by atoms with Crippen molar-refractivity contribution in [2.75, 3.05) is 6.54 Å². The van der Waals surface area contributed by atoms with Crippen LogP contribution in [0.4, 0.5) is 0 Å². The van der Waals surface area contributed by atoms with Gasteiger partial charge in [-0.25, -0.2) is 10.2 Å². The highest BCUT2D eigenvalue weighted by Gasteiger charge is 2.32. The normalized spacial score (nSPS) is 13.1. The third-order valence-corrected chi connectivity index (χ3v) is 4.33. The fourth-order valence-corrected chi connectivity index (χ4v) is 2.76. The number of hydrogen-bond donors (Lipinski definition) is 1. The van der Waals surface area contributed by atoms with Crippen LogP contribution < -0.4 is 5.43 Å². The number of rotatable bonds is 11. The average Bonchev–Trinajstić information content (AvgIpc) is 2.64. The van der Waals surface area contributed by atoms with E-state index < -0.39 is 17.6 Å². The predicted molar refractivity (Wildman–Crippen MR) is 123 cm³/mol. The molecule has 5 heteroatoms. The quantitative estimate of drug-likeness (QED) is 0.397. The van der Waals surface area contributed by atoms with Crippen molar-refractivity contribution in [1.29, 1.82) is 0 Å². The zero-order valence-electron chi connectivity index (χ0n) is 19.8. The summed E-state index contributed by atoms with van der Waals surface area (Å²) in [6, 6.07) is 9.19. The summed E-state index contributed by atoms with van der Waals surface area (Å²) in [7, 11) is 0. The minimum absolute atomic E-state index is 0.0756. The molecule has 30 heavy (non-hydrogen) atoms. The number of esters is 1. The maximum atomic E-state index is 13.0. The second-order valence-corrected chi connectivity index (χ2v) is 9.55. The van der Waals surface area contributed by atoms with Crippen LogP contribution in [0.25, 0.3) is 6.08 Å². The highest BCUT2D eigenvalue weighted by atomic mass is 16.6. The maximum Gasteiger partial charge on any atom is 0.331 e. The summed E-state index contributed by atoms with van der Waals surface area (Å²) in [6.07, 6.45) is 5.45. The van der Waals surface area contributed by atoms with Crippen molar-refractivity contribution in [1.82, 2.24) is 10.4 Å². The molecule has 0 aliphatic heterocycles. The largest absolute Gasteiger partial charge is 0.458 e. The van der Waals surface area contributed by atoms with Gasteiger partial charge in [-0.1, -0.05) is 70.2 Å². The number of nitrogens with zero attached hydrogens (tertiary/aromatic N) is 1. The fourth-order valence-electron chi connectivity index (χ4n) is 2.76. The number of ether oxygens (including phenoxy) is 1. The van der Waals surface area contributed by atoms with E-state index in [4.69, 9.17) is 4.74 Å². The van der Waals surface area contributed by atoms with Gasteiger partial charge < -0.3 is 4.74 Å². The van der Waals surface area contributed by atoms with E-state index in [9.17, 15) is 9.59 Å². The Morgan fingerprint density at radius 3 is 2.23 bits per heavy atom. The second-order valence-electron chi connectivity index (χ2n) is 9.55. The van der Waals surface area contributed by atoms with Gasteiger partial charge in [0.25, 0.3) is 0 Å². The summed E-state index contributed by atoms with van der Waals surface area (Å²) in [6.45, 7) is 14.5. The molecule has 0 radical (unpaired) electrons. The second kappa shape index (κ2) is 12.5. The maximum absolute atomic E-state index is 13.0. The summed E-state index contributed by atoms with van der Waals surface area (Å²) in [5, 5.41) is 1.51. The highest BCUT2D eigenvalue weighted by Crippen LogP contribution is 2.17. The van der Waals surface area contributed by atoms with Crippen molar-refractivity contribution in [3.05, 3.63) is 42.0 Å². The Hall–Kier alpha value is -2.14. The summed E-state index contributed by atoms with van der Waals surface area (Å²) < 4.78 is 5.66. The van der Waals surface area contributed by atoms with Crippen molar-refractivity contribution in [2.24, 2.45) is 11.8 Å². The van der Waals surface area contributed by atoms with Gasteiger partial charge in [-0.2, -0.15) is 0 Å². The van der Waals surface area contributed by atoms with E-state index in [1.165, 1.54) is 5.01 Å². The molecule has 0 unspecified atom stereocenters. The smallest absolute Gasteiger partial charge is 0.331 e. The van der Waals surface area contributed by atoms with E-state index in [2.05, 4.69) is 33.1 Å². The Labute approximate surface area is 182 Å². The highest BCUT2D eigenvalue weighted by molar-refractivity contribution is 5.84. The molecule has 0 saturated carbocycles. The van der Waals surface area contributed by atoms with Crippen molar-refractivity contribution < 1.29 is 14.3 Å². The Kier molecular flexibility index (Phi) is 10.8. The molecule has 1 rings (SSSR count). The predicted octanol–water partition coefficient (Wildman–Crippen LogP) is 5.23. The molecule has 0 aliphatic rings. The van der Waals surface area contributed by atoms with Crippen LogP contribution in [0, 0.1) is 11.8 Å². The van der Waals surface area contributed by atoms with Gasteiger partial charge in [-0.3, -0.25) is 9.80 Å². The molecule has 168 valence electrons. The van der Waals surface area contributed by atoms with Crippen molar-refractivity contribution in [2.45, 2.75) is 79.4 Å².